The van der Waals surface area contributed by atoms with Crippen LogP contribution in [0.1, 0.15) is 58.3 Å². The van der Waals surface area contributed by atoms with Crippen molar-refractivity contribution >= 4 is 0 Å². The van der Waals surface area contributed by atoms with Crippen molar-refractivity contribution in [2.24, 2.45) is 18.3 Å². The van der Waals surface area contributed by atoms with Gasteiger partial charge in [-0.25, -0.2) is 10.4 Å². The number of nitrogens with zero attached hydrogens (tertiary/aromatic N) is 2. The molecule has 2 rings (SSSR count). The van der Waals surface area contributed by atoms with Gasteiger partial charge >= 0.3 is 0 Å². The molecule has 1 aromatic rings. The summed E-state index contributed by atoms with van der Waals surface area (Å²) in [7, 11) is 2.00. The number of imidazole rings is 1. The number of aryl methyl sites for hydroxylation is 1. The predicted molar refractivity (Wildman–Crippen MR) is 79.9 cm³/mol. The standard InChI is InChI=1S/C15H28N4O/c1-5-20-15(8-6-14(2,3)7-9-15)12(18-16)13-17-10-11-19(13)4/h10-12,18H,5-9,16H2,1-4H3. The Morgan fingerprint density at radius 2 is 2.05 bits per heavy atom. The molecule has 0 radical (unpaired) electrons. The third-order valence-electron chi connectivity index (χ3n) is 4.69. The normalized spacial score (nSPS) is 22.6. The zero-order valence-electron chi connectivity index (χ0n) is 13.1. The molecule has 1 aliphatic rings. The Labute approximate surface area is 121 Å². The lowest BCUT2D eigenvalue weighted by Crippen LogP contribution is -2.52. The van der Waals surface area contributed by atoms with Crippen LogP contribution in [0.5, 0.6) is 0 Å². The van der Waals surface area contributed by atoms with E-state index >= 15 is 0 Å². The van der Waals surface area contributed by atoms with Crippen LogP contribution in [0.25, 0.3) is 0 Å². The van der Waals surface area contributed by atoms with E-state index < -0.39 is 0 Å². The fraction of sp³-hybridized carbons (Fsp3) is 0.800. The van der Waals surface area contributed by atoms with Gasteiger partial charge in [0, 0.05) is 26.0 Å². The molecule has 0 aliphatic heterocycles. The Morgan fingerprint density at radius 1 is 1.40 bits per heavy atom. The number of hydrogen-bond acceptors (Lipinski definition) is 4. The quantitative estimate of drug-likeness (QED) is 0.641. The molecular weight excluding hydrogens is 252 g/mol. The lowest BCUT2D eigenvalue weighted by molar-refractivity contribution is -0.110. The van der Waals surface area contributed by atoms with Crippen LogP contribution in [0.4, 0.5) is 0 Å². The SMILES string of the molecule is CCOC1(C(NN)c2nccn2C)CCC(C)(C)CC1. The van der Waals surface area contributed by atoms with E-state index in [1.54, 1.807) is 0 Å². The van der Waals surface area contributed by atoms with E-state index in [0.29, 0.717) is 12.0 Å². The van der Waals surface area contributed by atoms with Crippen LogP contribution in [0.2, 0.25) is 0 Å². The summed E-state index contributed by atoms with van der Waals surface area (Å²) in [6.45, 7) is 7.40. The average molecular weight is 280 g/mol. The molecule has 1 fully saturated rings. The molecule has 1 atom stereocenters. The Bertz CT molecular complexity index is 431. The van der Waals surface area contributed by atoms with Gasteiger partial charge in [-0.1, -0.05) is 13.8 Å². The van der Waals surface area contributed by atoms with Crippen LogP contribution in [-0.2, 0) is 11.8 Å². The van der Waals surface area contributed by atoms with E-state index in [0.717, 1.165) is 31.5 Å². The average Bonchev–Trinajstić information content (AvgIpc) is 2.81. The third-order valence-corrected chi connectivity index (χ3v) is 4.69. The molecule has 114 valence electrons. The summed E-state index contributed by atoms with van der Waals surface area (Å²) < 4.78 is 8.22. The molecule has 0 bridgehead atoms. The number of aromatic nitrogens is 2. The fourth-order valence-corrected chi connectivity index (χ4v) is 3.27. The van der Waals surface area contributed by atoms with Gasteiger partial charge in [-0.15, -0.1) is 0 Å². The van der Waals surface area contributed by atoms with Crippen LogP contribution in [-0.4, -0.2) is 21.8 Å². The van der Waals surface area contributed by atoms with Crippen molar-refractivity contribution in [3.8, 4) is 0 Å². The van der Waals surface area contributed by atoms with Gasteiger partial charge in [-0.3, -0.25) is 5.84 Å². The molecule has 3 N–H and O–H groups in total. The van der Waals surface area contributed by atoms with Crippen molar-refractivity contribution in [1.29, 1.82) is 0 Å². The maximum Gasteiger partial charge on any atom is 0.129 e. The van der Waals surface area contributed by atoms with Crippen LogP contribution in [0, 0.1) is 5.41 Å². The highest BCUT2D eigenvalue weighted by Crippen LogP contribution is 2.47. The molecule has 0 aromatic carbocycles. The Balaban J connectivity index is 2.29. The summed E-state index contributed by atoms with van der Waals surface area (Å²) in [6.07, 6.45) is 8.08. The van der Waals surface area contributed by atoms with Crippen molar-refractivity contribution in [1.82, 2.24) is 15.0 Å². The van der Waals surface area contributed by atoms with E-state index in [4.69, 9.17) is 10.6 Å². The van der Waals surface area contributed by atoms with E-state index in [1.807, 2.05) is 30.9 Å². The number of hydrazine groups is 1. The summed E-state index contributed by atoms with van der Waals surface area (Å²) in [5, 5.41) is 0. The maximum absolute atomic E-state index is 6.20. The second-order valence-electron chi connectivity index (χ2n) is 6.66. The topological polar surface area (TPSA) is 65.1 Å². The van der Waals surface area contributed by atoms with E-state index in [-0.39, 0.29) is 11.6 Å². The highest BCUT2D eigenvalue weighted by atomic mass is 16.5. The lowest BCUT2D eigenvalue weighted by atomic mass is 9.68. The summed E-state index contributed by atoms with van der Waals surface area (Å²) in [5.41, 5.74) is 3.10. The second-order valence-corrected chi connectivity index (χ2v) is 6.66. The van der Waals surface area contributed by atoms with Gasteiger partial charge in [0.15, 0.2) is 0 Å². The maximum atomic E-state index is 6.20. The van der Waals surface area contributed by atoms with Gasteiger partial charge in [-0.2, -0.15) is 0 Å². The minimum atomic E-state index is -0.252. The third kappa shape index (κ3) is 2.90. The molecule has 1 heterocycles. The molecule has 0 amide bonds. The zero-order valence-corrected chi connectivity index (χ0v) is 13.1. The van der Waals surface area contributed by atoms with Gasteiger partial charge in [0.1, 0.15) is 11.9 Å². The van der Waals surface area contributed by atoms with Gasteiger partial charge in [0.2, 0.25) is 0 Å². The van der Waals surface area contributed by atoms with Crippen molar-refractivity contribution in [3.63, 3.8) is 0 Å². The number of nitrogens with one attached hydrogen (secondary N) is 1. The number of hydrogen-bond donors (Lipinski definition) is 2. The minimum absolute atomic E-state index is 0.0708. The molecular formula is C15H28N4O. The van der Waals surface area contributed by atoms with Gasteiger partial charge in [0.25, 0.3) is 0 Å². The van der Waals surface area contributed by atoms with Crippen LogP contribution in [0.3, 0.4) is 0 Å². The van der Waals surface area contributed by atoms with Crippen molar-refractivity contribution < 1.29 is 4.74 Å². The first kappa shape index (κ1) is 15.5. The lowest BCUT2D eigenvalue weighted by Gasteiger charge is -2.47. The van der Waals surface area contributed by atoms with E-state index in [1.165, 1.54) is 0 Å². The van der Waals surface area contributed by atoms with Gasteiger partial charge in [0.05, 0.1) is 5.60 Å². The monoisotopic (exact) mass is 280 g/mol. The number of nitrogens with two attached hydrogens (primary N) is 1. The van der Waals surface area contributed by atoms with Crippen LogP contribution in [0.15, 0.2) is 12.4 Å². The number of rotatable bonds is 5. The van der Waals surface area contributed by atoms with Gasteiger partial charge < -0.3 is 9.30 Å². The van der Waals surface area contributed by atoms with Crippen molar-refractivity contribution in [2.45, 2.75) is 58.1 Å². The predicted octanol–water partition coefficient (Wildman–Crippen LogP) is 2.30. The molecule has 1 saturated carbocycles. The Morgan fingerprint density at radius 3 is 2.50 bits per heavy atom. The fourth-order valence-electron chi connectivity index (χ4n) is 3.27. The summed E-state index contributed by atoms with van der Waals surface area (Å²) in [4.78, 5) is 4.47. The molecule has 5 nitrogen and oxygen atoms in total. The summed E-state index contributed by atoms with van der Waals surface area (Å²) in [5.74, 6) is 6.81. The molecule has 1 aliphatic carbocycles. The van der Waals surface area contributed by atoms with Crippen molar-refractivity contribution in [2.75, 3.05) is 6.61 Å². The van der Waals surface area contributed by atoms with Crippen molar-refractivity contribution in [3.05, 3.63) is 18.2 Å². The first-order chi connectivity index (χ1) is 9.44. The minimum Gasteiger partial charge on any atom is -0.373 e. The molecule has 20 heavy (non-hydrogen) atoms. The first-order valence-corrected chi connectivity index (χ1v) is 7.51. The summed E-state index contributed by atoms with van der Waals surface area (Å²) >= 11 is 0. The Kier molecular flexibility index (Phi) is 4.52. The first-order valence-electron chi connectivity index (χ1n) is 7.51. The zero-order chi connectivity index (χ0) is 14.8. The number of ether oxygens (including phenoxy) is 1. The largest absolute Gasteiger partial charge is 0.373 e. The van der Waals surface area contributed by atoms with E-state index in [2.05, 4.69) is 24.3 Å². The smallest absolute Gasteiger partial charge is 0.129 e. The molecule has 0 saturated heterocycles. The molecule has 0 spiro atoms. The highest BCUT2D eigenvalue weighted by molar-refractivity contribution is 5.09. The van der Waals surface area contributed by atoms with Gasteiger partial charge in [-0.05, 0) is 38.0 Å². The van der Waals surface area contributed by atoms with E-state index in [9.17, 15) is 0 Å². The van der Waals surface area contributed by atoms with Crippen LogP contribution < -0.4 is 11.3 Å². The van der Waals surface area contributed by atoms with Crippen LogP contribution >= 0.6 is 0 Å². The molecule has 1 unspecified atom stereocenters. The molecule has 5 heteroatoms. The second kappa shape index (κ2) is 5.84. The summed E-state index contributed by atoms with van der Waals surface area (Å²) in [6, 6.07) is -0.0708. The highest BCUT2D eigenvalue weighted by Gasteiger charge is 2.46. The molecule has 1 aromatic heterocycles. The Hall–Kier alpha value is -0.910.